The van der Waals surface area contributed by atoms with Crippen LogP contribution >= 0.6 is 15.9 Å². The zero-order valence-corrected chi connectivity index (χ0v) is 13.4. The van der Waals surface area contributed by atoms with E-state index < -0.39 is 0 Å². The van der Waals surface area contributed by atoms with Crippen molar-refractivity contribution in [3.63, 3.8) is 0 Å². The van der Waals surface area contributed by atoms with E-state index in [2.05, 4.69) is 48.0 Å². The molecule has 0 bridgehead atoms. The summed E-state index contributed by atoms with van der Waals surface area (Å²) in [6, 6.07) is 11.1. The van der Waals surface area contributed by atoms with Crippen LogP contribution in [-0.2, 0) is 12.8 Å². The summed E-state index contributed by atoms with van der Waals surface area (Å²) in [5.74, 6) is -0.267. The van der Waals surface area contributed by atoms with Gasteiger partial charge in [0.25, 0.3) is 0 Å². The zero-order valence-electron chi connectivity index (χ0n) is 11.8. The first kappa shape index (κ1) is 15.2. The van der Waals surface area contributed by atoms with E-state index in [1.54, 1.807) is 12.1 Å². The van der Waals surface area contributed by atoms with Crippen LogP contribution in [0.1, 0.15) is 42.1 Å². The van der Waals surface area contributed by atoms with Crippen LogP contribution in [0.25, 0.3) is 0 Å². The molecule has 106 valence electrons. The van der Waals surface area contributed by atoms with Crippen molar-refractivity contribution in [1.29, 1.82) is 0 Å². The van der Waals surface area contributed by atoms with E-state index >= 15 is 0 Å². The minimum atomic E-state index is -0.267. The van der Waals surface area contributed by atoms with Crippen molar-refractivity contribution in [1.82, 2.24) is 0 Å². The predicted octanol–water partition coefficient (Wildman–Crippen LogP) is 4.76. The normalized spacial score (nSPS) is 12.4. The van der Waals surface area contributed by atoms with E-state index in [1.165, 1.54) is 17.2 Å². The first-order chi connectivity index (χ1) is 9.56. The summed E-state index contributed by atoms with van der Waals surface area (Å²) >= 11 is 3.21. The fourth-order valence-corrected chi connectivity index (χ4v) is 2.81. The van der Waals surface area contributed by atoms with Gasteiger partial charge in [0.15, 0.2) is 0 Å². The second kappa shape index (κ2) is 6.51. The van der Waals surface area contributed by atoms with Crippen LogP contribution < -0.4 is 5.73 Å². The molecule has 0 amide bonds. The van der Waals surface area contributed by atoms with E-state index in [1.807, 2.05) is 0 Å². The first-order valence-corrected chi connectivity index (χ1v) is 7.68. The molecule has 20 heavy (non-hydrogen) atoms. The van der Waals surface area contributed by atoms with E-state index in [0.29, 0.717) is 4.47 Å². The average Bonchev–Trinajstić information content (AvgIpc) is 2.48. The second-order valence-corrected chi connectivity index (χ2v) is 5.74. The lowest BCUT2D eigenvalue weighted by molar-refractivity contribution is 0.619. The summed E-state index contributed by atoms with van der Waals surface area (Å²) in [6.07, 6.45) is 2.03. The van der Waals surface area contributed by atoms with E-state index in [-0.39, 0.29) is 11.9 Å². The Hall–Kier alpha value is -1.19. The molecule has 0 aliphatic carbocycles. The molecule has 1 atom stereocenters. The highest BCUT2D eigenvalue weighted by molar-refractivity contribution is 9.10. The van der Waals surface area contributed by atoms with E-state index in [9.17, 15) is 4.39 Å². The van der Waals surface area contributed by atoms with Gasteiger partial charge in [-0.25, -0.2) is 4.39 Å². The number of halogens is 2. The van der Waals surface area contributed by atoms with Crippen LogP contribution in [0.15, 0.2) is 40.9 Å². The van der Waals surface area contributed by atoms with Crippen molar-refractivity contribution in [3.8, 4) is 0 Å². The maximum Gasteiger partial charge on any atom is 0.137 e. The second-order valence-electron chi connectivity index (χ2n) is 4.89. The van der Waals surface area contributed by atoms with E-state index in [0.717, 1.165) is 24.0 Å². The molecule has 1 nitrogen and oxygen atoms in total. The van der Waals surface area contributed by atoms with Gasteiger partial charge in [-0.3, -0.25) is 0 Å². The Morgan fingerprint density at radius 1 is 1.00 bits per heavy atom. The van der Waals surface area contributed by atoms with Gasteiger partial charge in [-0.2, -0.15) is 0 Å². The Morgan fingerprint density at radius 3 is 2.20 bits per heavy atom. The van der Waals surface area contributed by atoms with Gasteiger partial charge in [0, 0.05) is 0 Å². The molecule has 0 heterocycles. The van der Waals surface area contributed by atoms with Crippen LogP contribution in [0.2, 0.25) is 0 Å². The molecule has 0 radical (unpaired) electrons. The number of rotatable bonds is 4. The molecule has 3 heteroatoms. The third-order valence-corrected chi connectivity index (χ3v) is 4.26. The maximum atomic E-state index is 13.3. The van der Waals surface area contributed by atoms with Gasteiger partial charge in [0.05, 0.1) is 10.5 Å². The molecule has 0 aromatic heterocycles. The lowest BCUT2D eigenvalue weighted by atomic mass is 9.94. The third-order valence-electron chi connectivity index (χ3n) is 3.65. The Morgan fingerprint density at radius 2 is 1.60 bits per heavy atom. The van der Waals surface area contributed by atoms with Crippen LogP contribution in [0, 0.1) is 5.82 Å². The summed E-state index contributed by atoms with van der Waals surface area (Å²) in [5.41, 5.74) is 11.0. The summed E-state index contributed by atoms with van der Waals surface area (Å²) in [7, 11) is 0. The lowest BCUT2D eigenvalue weighted by Gasteiger charge is -2.16. The predicted molar refractivity (Wildman–Crippen MR) is 85.3 cm³/mol. The van der Waals surface area contributed by atoms with E-state index in [4.69, 9.17) is 5.73 Å². The maximum absolute atomic E-state index is 13.3. The molecule has 0 saturated heterocycles. The summed E-state index contributed by atoms with van der Waals surface area (Å²) in [5, 5.41) is 0. The molecular weight excluding hydrogens is 317 g/mol. The van der Waals surface area contributed by atoms with Crippen molar-refractivity contribution in [2.24, 2.45) is 5.73 Å². The van der Waals surface area contributed by atoms with Gasteiger partial charge in [-0.15, -0.1) is 0 Å². The SMILES string of the molecule is CCc1ccc(C(N)c2ccc(F)c(Br)c2)cc1CC. The number of benzene rings is 2. The Balaban J connectivity index is 2.37. The molecule has 1 unspecified atom stereocenters. The zero-order chi connectivity index (χ0) is 14.7. The topological polar surface area (TPSA) is 26.0 Å². The molecule has 0 fully saturated rings. The summed E-state index contributed by atoms with van der Waals surface area (Å²) in [6.45, 7) is 4.31. The van der Waals surface area contributed by atoms with Crippen LogP contribution in [0.3, 0.4) is 0 Å². The number of aryl methyl sites for hydroxylation is 2. The lowest BCUT2D eigenvalue weighted by Crippen LogP contribution is -2.12. The average molecular weight is 336 g/mol. The summed E-state index contributed by atoms with van der Waals surface area (Å²) in [4.78, 5) is 0. The quantitative estimate of drug-likeness (QED) is 0.856. The van der Waals surface area contributed by atoms with Gasteiger partial charge in [0.2, 0.25) is 0 Å². The molecule has 0 aliphatic heterocycles. The number of nitrogens with two attached hydrogens (primary N) is 1. The molecule has 0 saturated carbocycles. The van der Waals surface area contributed by atoms with Gasteiger partial charge >= 0.3 is 0 Å². The van der Waals surface area contributed by atoms with Crippen LogP contribution in [-0.4, -0.2) is 0 Å². The van der Waals surface area contributed by atoms with Crippen molar-refractivity contribution < 1.29 is 4.39 Å². The highest BCUT2D eigenvalue weighted by Crippen LogP contribution is 2.26. The van der Waals surface area contributed by atoms with Crippen molar-refractivity contribution in [2.75, 3.05) is 0 Å². The van der Waals surface area contributed by atoms with Crippen molar-refractivity contribution in [2.45, 2.75) is 32.7 Å². The number of hydrogen-bond acceptors (Lipinski definition) is 1. The monoisotopic (exact) mass is 335 g/mol. The fourth-order valence-electron chi connectivity index (χ4n) is 2.41. The standard InChI is InChI=1S/C17H19BrFN/c1-3-11-5-6-13(9-12(11)4-2)17(20)14-7-8-16(19)15(18)10-14/h5-10,17H,3-4,20H2,1-2H3. The minimum absolute atomic E-state index is 0.233. The Kier molecular flexibility index (Phi) is 4.95. The largest absolute Gasteiger partial charge is 0.320 e. The number of hydrogen-bond donors (Lipinski definition) is 1. The van der Waals surface area contributed by atoms with Gasteiger partial charge in [-0.1, -0.05) is 38.1 Å². The fraction of sp³-hybridized carbons (Fsp3) is 0.294. The molecule has 2 aromatic rings. The molecule has 0 aliphatic rings. The molecule has 0 spiro atoms. The smallest absolute Gasteiger partial charge is 0.137 e. The van der Waals surface area contributed by atoms with Gasteiger partial charge in [0.1, 0.15) is 5.82 Å². The Bertz CT molecular complexity index is 610. The minimum Gasteiger partial charge on any atom is -0.320 e. The Labute approximate surface area is 128 Å². The van der Waals surface area contributed by atoms with Gasteiger partial charge < -0.3 is 5.73 Å². The summed E-state index contributed by atoms with van der Waals surface area (Å²) < 4.78 is 13.7. The first-order valence-electron chi connectivity index (χ1n) is 6.89. The van der Waals surface area contributed by atoms with Crippen LogP contribution in [0.5, 0.6) is 0 Å². The third kappa shape index (κ3) is 3.10. The van der Waals surface area contributed by atoms with Crippen molar-refractivity contribution in [3.05, 3.63) is 68.9 Å². The highest BCUT2D eigenvalue weighted by atomic mass is 79.9. The molecular formula is C17H19BrFN. The van der Waals surface area contributed by atoms with Crippen molar-refractivity contribution >= 4 is 15.9 Å². The molecule has 2 aromatic carbocycles. The molecule has 2 N–H and O–H groups in total. The van der Waals surface area contributed by atoms with Crippen LogP contribution in [0.4, 0.5) is 4.39 Å². The van der Waals surface area contributed by atoms with Gasteiger partial charge in [-0.05, 0) is 63.2 Å². The highest BCUT2D eigenvalue weighted by Gasteiger charge is 2.12. The molecule has 2 rings (SSSR count).